The van der Waals surface area contributed by atoms with Crippen LogP contribution < -0.4 is 4.74 Å². The van der Waals surface area contributed by atoms with Crippen LogP contribution in [0, 0.1) is 5.92 Å². The van der Waals surface area contributed by atoms with Gasteiger partial charge in [0, 0.05) is 25.1 Å². The summed E-state index contributed by atoms with van der Waals surface area (Å²) in [7, 11) is 1.69. The van der Waals surface area contributed by atoms with Crippen LogP contribution in [-0.2, 0) is 6.42 Å². The highest BCUT2D eigenvalue weighted by Gasteiger charge is 2.28. The van der Waals surface area contributed by atoms with Crippen LogP contribution in [0.2, 0.25) is 0 Å². The Morgan fingerprint density at radius 3 is 2.54 bits per heavy atom. The summed E-state index contributed by atoms with van der Waals surface area (Å²) in [5, 5.41) is 4.02. The molecule has 0 N–H and O–H groups in total. The molecule has 2 aromatic rings. The molecule has 1 saturated carbocycles. The van der Waals surface area contributed by atoms with E-state index < -0.39 is 0 Å². The van der Waals surface area contributed by atoms with Crippen molar-refractivity contribution in [1.29, 1.82) is 0 Å². The Morgan fingerprint density at radius 1 is 1.19 bits per heavy atom. The molecule has 2 aliphatic rings. The summed E-state index contributed by atoms with van der Waals surface area (Å²) in [6.45, 7) is 1.59. The van der Waals surface area contributed by atoms with Crippen LogP contribution in [0.1, 0.15) is 59.8 Å². The van der Waals surface area contributed by atoms with E-state index >= 15 is 0 Å². The van der Waals surface area contributed by atoms with E-state index in [0.717, 1.165) is 56.7 Å². The van der Waals surface area contributed by atoms with Crippen LogP contribution >= 0.6 is 0 Å². The monoisotopic (exact) mass is 354 g/mol. The zero-order valence-electron chi connectivity index (χ0n) is 15.3. The summed E-state index contributed by atoms with van der Waals surface area (Å²) in [6, 6.07) is 10.1. The van der Waals surface area contributed by atoms with E-state index in [4.69, 9.17) is 9.26 Å². The summed E-state index contributed by atoms with van der Waals surface area (Å²) in [4.78, 5) is 14.6. The highest BCUT2D eigenvalue weighted by molar-refractivity contribution is 5.92. The number of ether oxygens (including phenoxy) is 1. The maximum absolute atomic E-state index is 12.7. The second-order valence-corrected chi connectivity index (χ2v) is 7.53. The van der Waals surface area contributed by atoms with Gasteiger partial charge in [0.1, 0.15) is 11.5 Å². The number of carbonyl (C=O) groups is 1. The maximum atomic E-state index is 12.7. The fourth-order valence-corrected chi connectivity index (χ4v) is 3.87. The Balaban J connectivity index is 1.29. The van der Waals surface area contributed by atoms with Crippen LogP contribution in [0.5, 0.6) is 5.75 Å². The van der Waals surface area contributed by atoms with Gasteiger partial charge in [-0.3, -0.25) is 4.79 Å². The van der Waals surface area contributed by atoms with E-state index in [9.17, 15) is 4.79 Å². The van der Waals surface area contributed by atoms with Crippen molar-refractivity contribution in [3.8, 4) is 5.75 Å². The van der Waals surface area contributed by atoms with Gasteiger partial charge in [0.2, 0.25) is 0 Å². The lowest BCUT2D eigenvalue weighted by atomic mass is 9.83. The minimum atomic E-state index is 0.0159. The lowest BCUT2D eigenvalue weighted by Crippen LogP contribution is -2.39. The van der Waals surface area contributed by atoms with Crippen molar-refractivity contribution >= 4 is 5.91 Å². The van der Waals surface area contributed by atoms with E-state index in [2.05, 4.69) is 17.3 Å². The lowest BCUT2D eigenvalue weighted by molar-refractivity contribution is 0.0680. The third kappa shape index (κ3) is 3.62. The molecular formula is C21H26N2O3. The number of likely N-dealkylation sites (tertiary alicyclic amines) is 1. The second-order valence-electron chi connectivity index (χ2n) is 7.53. The summed E-state index contributed by atoms with van der Waals surface area (Å²) in [6.07, 6.45) is 6.67. The van der Waals surface area contributed by atoms with Gasteiger partial charge in [0.25, 0.3) is 5.91 Å². The number of methoxy groups -OCH3 is 1. The van der Waals surface area contributed by atoms with Gasteiger partial charge in [-0.05, 0) is 55.7 Å². The topological polar surface area (TPSA) is 55.6 Å². The van der Waals surface area contributed by atoms with Gasteiger partial charge in [-0.2, -0.15) is 0 Å². The SMILES string of the molecule is COc1ccc(CC2CCN(C(=O)c3cc(C4CCC4)on3)CC2)cc1. The average molecular weight is 354 g/mol. The third-order valence-corrected chi connectivity index (χ3v) is 5.84. The first-order valence-corrected chi connectivity index (χ1v) is 9.62. The Kier molecular flexibility index (Phi) is 4.96. The summed E-state index contributed by atoms with van der Waals surface area (Å²) < 4.78 is 10.6. The molecule has 1 aromatic carbocycles. The first-order chi connectivity index (χ1) is 12.7. The van der Waals surface area contributed by atoms with Crippen LogP contribution in [0.25, 0.3) is 0 Å². The van der Waals surface area contributed by atoms with Gasteiger partial charge in [-0.1, -0.05) is 23.7 Å². The number of hydrogen-bond donors (Lipinski definition) is 0. The fourth-order valence-electron chi connectivity index (χ4n) is 3.87. The van der Waals surface area contributed by atoms with Crippen molar-refractivity contribution in [2.75, 3.05) is 20.2 Å². The minimum absolute atomic E-state index is 0.0159. The molecule has 138 valence electrons. The highest BCUT2D eigenvalue weighted by atomic mass is 16.5. The number of nitrogens with zero attached hydrogens (tertiary/aromatic N) is 2. The van der Waals surface area contributed by atoms with Crippen LogP contribution in [0.4, 0.5) is 0 Å². The Bertz CT molecular complexity index is 741. The molecule has 0 bridgehead atoms. The molecule has 5 nitrogen and oxygen atoms in total. The highest BCUT2D eigenvalue weighted by Crippen LogP contribution is 2.36. The number of benzene rings is 1. The van der Waals surface area contributed by atoms with Crippen molar-refractivity contribution in [2.24, 2.45) is 5.92 Å². The molecule has 0 radical (unpaired) electrons. The summed E-state index contributed by atoms with van der Waals surface area (Å²) in [5.41, 5.74) is 1.80. The predicted molar refractivity (Wildman–Crippen MR) is 98.4 cm³/mol. The molecule has 2 heterocycles. The summed E-state index contributed by atoms with van der Waals surface area (Å²) in [5.74, 6) is 2.88. The molecular weight excluding hydrogens is 328 g/mol. The molecule has 1 amide bonds. The molecule has 0 spiro atoms. The van der Waals surface area contributed by atoms with E-state index in [1.54, 1.807) is 7.11 Å². The Labute approximate surface area is 154 Å². The molecule has 0 atom stereocenters. The number of hydrogen-bond acceptors (Lipinski definition) is 4. The maximum Gasteiger partial charge on any atom is 0.276 e. The standard InChI is InChI=1S/C21H26N2O3/c1-25-18-7-5-15(6-8-18)13-16-9-11-23(12-10-16)21(24)19-14-20(26-22-19)17-3-2-4-17/h5-8,14,16-17H,2-4,9-13H2,1H3. The van der Waals surface area contributed by atoms with Gasteiger partial charge in [0.15, 0.2) is 5.69 Å². The number of carbonyl (C=O) groups excluding carboxylic acids is 1. The second kappa shape index (κ2) is 7.52. The van der Waals surface area contributed by atoms with Crippen LogP contribution in [0.3, 0.4) is 0 Å². The van der Waals surface area contributed by atoms with Gasteiger partial charge < -0.3 is 14.2 Å². The van der Waals surface area contributed by atoms with Crippen molar-refractivity contribution in [2.45, 2.75) is 44.4 Å². The van der Waals surface area contributed by atoms with Crippen molar-refractivity contribution in [1.82, 2.24) is 10.1 Å². The fraction of sp³-hybridized carbons (Fsp3) is 0.524. The quantitative estimate of drug-likeness (QED) is 0.813. The van der Waals surface area contributed by atoms with Gasteiger partial charge >= 0.3 is 0 Å². The molecule has 1 aliphatic heterocycles. The number of piperidine rings is 1. The first-order valence-electron chi connectivity index (χ1n) is 9.62. The average Bonchev–Trinajstić information content (AvgIpc) is 3.10. The van der Waals surface area contributed by atoms with Gasteiger partial charge in [0.05, 0.1) is 7.11 Å². The number of aromatic nitrogens is 1. The Morgan fingerprint density at radius 2 is 1.92 bits per heavy atom. The molecule has 1 aromatic heterocycles. The predicted octanol–water partition coefficient (Wildman–Crippen LogP) is 4.05. The van der Waals surface area contributed by atoms with Crippen molar-refractivity contribution < 1.29 is 14.1 Å². The van der Waals surface area contributed by atoms with Crippen molar-refractivity contribution in [3.63, 3.8) is 0 Å². The smallest absolute Gasteiger partial charge is 0.276 e. The molecule has 1 saturated heterocycles. The Hall–Kier alpha value is -2.30. The van der Waals surface area contributed by atoms with E-state index in [0.29, 0.717) is 17.5 Å². The zero-order valence-corrected chi connectivity index (χ0v) is 15.3. The van der Waals surface area contributed by atoms with E-state index in [-0.39, 0.29) is 5.91 Å². The molecule has 26 heavy (non-hydrogen) atoms. The molecule has 4 rings (SSSR count). The lowest BCUT2D eigenvalue weighted by Gasteiger charge is -2.31. The number of rotatable bonds is 5. The largest absolute Gasteiger partial charge is 0.497 e. The summed E-state index contributed by atoms with van der Waals surface area (Å²) >= 11 is 0. The minimum Gasteiger partial charge on any atom is -0.497 e. The van der Waals surface area contributed by atoms with Crippen LogP contribution in [-0.4, -0.2) is 36.2 Å². The number of amides is 1. The normalized spacial score (nSPS) is 18.6. The molecule has 1 aliphatic carbocycles. The van der Waals surface area contributed by atoms with Crippen molar-refractivity contribution in [3.05, 3.63) is 47.3 Å². The first kappa shape index (κ1) is 17.1. The third-order valence-electron chi connectivity index (χ3n) is 5.84. The molecule has 2 fully saturated rings. The zero-order chi connectivity index (χ0) is 17.9. The van der Waals surface area contributed by atoms with Gasteiger partial charge in [-0.15, -0.1) is 0 Å². The van der Waals surface area contributed by atoms with Crippen LogP contribution in [0.15, 0.2) is 34.9 Å². The van der Waals surface area contributed by atoms with Gasteiger partial charge in [-0.25, -0.2) is 0 Å². The molecule has 0 unspecified atom stereocenters. The molecule has 5 heteroatoms. The van der Waals surface area contributed by atoms with E-state index in [1.165, 1.54) is 12.0 Å². The van der Waals surface area contributed by atoms with E-state index in [1.807, 2.05) is 23.1 Å².